The molecule has 1 aromatic carbocycles. The topological polar surface area (TPSA) is 50.4 Å². The highest BCUT2D eigenvalue weighted by atomic mass is 19.1. The van der Waals surface area contributed by atoms with Crippen molar-refractivity contribution in [2.24, 2.45) is 0 Å². The number of carbonyl (C=O) groups is 1. The minimum absolute atomic E-state index is 0.0564. The molecule has 0 unspecified atom stereocenters. The van der Waals surface area contributed by atoms with Crippen molar-refractivity contribution in [2.75, 3.05) is 13.1 Å². The van der Waals surface area contributed by atoms with Gasteiger partial charge in [-0.1, -0.05) is 12.1 Å². The minimum Gasteiger partial charge on any atom is -0.444 e. The van der Waals surface area contributed by atoms with Gasteiger partial charge in [0, 0.05) is 12.5 Å². The highest BCUT2D eigenvalue weighted by Crippen LogP contribution is 2.26. The van der Waals surface area contributed by atoms with Gasteiger partial charge in [-0.2, -0.15) is 0 Å². The van der Waals surface area contributed by atoms with E-state index in [0.29, 0.717) is 6.54 Å². The van der Waals surface area contributed by atoms with Gasteiger partial charge in [0.2, 0.25) is 0 Å². The zero-order valence-electron chi connectivity index (χ0n) is 12.8. The van der Waals surface area contributed by atoms with Crippen molar-refractivity contribution >= 4 is 6.09 Å². The summed E-state index contributed by atoms with van der Waals surface area (Å²) in [6, 6.07) is 6.44. The van der Waals surface area contributed by atoms with E-state index in [1.54, 1.807) is 12.1 Å². The van der Waals surface area contributed by atoms with Gasteiger partial charge in [0.05, 0.1) is 6.04 Å². The van der Waals surface area contributed by atoms with Crippen molar-refractivity contribution in [3.05, 3.63) is 35.6 Å². The lowest BCUT2D eigenvalue weighted by molar-refractivity contribution is 0.0489. The Balaban J connectivity index is 2.05. The van der Waals surface area contributed by atoms with Gasteiger partial charge in [0.25, 0.3) is 0 Å². The molecule has 1 aliphatic heterocycles. The van der Waals surface area contributed by atoms with Crippen LogP contribution in [0.5, 0.6) is 0 Å². The molecule has 1 fully saturated rings. The van der Waals surface area contributed by atoms with Crippen LogP contribution in [0.15, 0.2) is 24.3 Å². The van der Waals surface area contributed by atoms with Gasteiger partial charge in [-0.15, -0.1) is 0 Å². The molecule has 116 valence electrons. The molecule has 0 spiro atoms. The summed E-state index contributed by atoms with van der Waals surface area (Å²) in [4.78, 5) is 11.9. The van der Waals surface area contributed by atoms with Crippen molar-refractivity contribution in [1.29, 1.82) is 0 Å². The third-order valence-electron chi connectivity index (χ3n) is 3.48. The first-order chi connectivity index (χ1) is 9.85. The molecule has 2 N–H and O–H groups in total. The second-order valence-electron chi connectivity index (χ2n) is 6.40. The fourth-order valence-electron chi connectivity index (χ4n) is 2.58. The van der Waals surface area contributed by atoms with E-state index in [9.17, 15) is 9.18 Å². The molecule has 5 heteroatoms. The van der Waals surface area contributed by atoms with Gasteiger partial charge < -0.3 is 15.4 Å². The van der Waals surface area contributed by atoms with E-state index >= 15 is 0 Å². The number of carbonyl (C=O) groups excluding carboxylic acids is 1. The number of nitrogens with one attached hydrogen (secondary N) is 2. The summed E-state index contributed by atoms with van der Waals surface area (Å²) in [6.07, 6.45) is 0.481. The summed E-state index contributed by atoms with van der Waals surface area (Å²) >= 11 is 0. The second kappa shape index (κ2) is 6.43. The number of rotatable bonds is 2. The lowest BCUT2D eigenvalue weighted by Crippen LogP contribution is -2.51. The van der Waals surface area contributed by atoms with Gasteiger partial charge in [-0.05, 0) is 51.4 Å². The van der Waals surface area contributed by atoms with Gasteiger partial charge in [0.1, 0.15) is 11.4 Å². The summed E-state index contributed by atoms with van der Waals surface area (Å²) in [7, 11) is 0. The number of hydrogen-bond acceptors (Lipinski definition) is 3. The maximum atomic E-state index is 13.0. The van der Waals surface area contributed by atoms with Crippen molar-refractivity contribution in [2.45, 2.75) is 44.8 Å². The first-order valence-corrected chi connectivity index (χ1v) is 7.31. The van der Waals surface area contributed by atoms with E-state index in [1.165, 1.54) is 12.1 Å². The Morgan fingerprint density at radius 3 is 2.62 bits per heavy atom. The number of halogens is 1. The van der Waals surface area contributed by atoms with Crippen molar-refractivity contribution in [1.82, 2.24) is 10.6 Å². The van der Waals surface area contributed by atoms with Crippen LogP contribution in [-0.2, 0) is 4.74 Å². The number of piperidine rings is 1. The van der Waals surface area contributed by atoms with E-state index in [0.717, 1.165) is 18.5 Å². The van der Waals surface area contributed by atoms with Crippen LogP contribution in [0.2, 0.25) is 0 Å². The SMILES string of the molecule is CC(C)(C)OC(=O)N[C@H]1CNCC[C@H]1c1ccc(F)cc1. The first kappa shape index (κ1) is 15.8. The average Bonchev–Trinajstić information content (AvgIpc) is 2.38. The molecule has 21 heavy (non-hydrogen) atoms. The van der Waals surface area contributed by atoms with Crippen LogP contribution in [0.3, 0.4) is 0 Å². The lowest BCUT2D eigenvalue weighted by atomic mass is 9.86. The number of hydrogen-bond donors (Lipinski definition) is 2. The highest BCUT2D eigenvalue weighted by molar-refractivity contribution is 5.68. The molecule has 0 aliphatic carbocycles. The van der Waals surface area contributed by atoms with Crippen LogP contribution in [-0.4, -0.2) is 30.8 Å². The van der Waals surface area contributed by atoms with Crippen LogP contribution < -0.4 is 10.6 Å². The Labute approximate surface area is 125 Å². The van der Waals surface area contributed by atoms with E-state index in [-0.39, 0.29) is 17.8 Å². The molecule has 4 nitrogen and oxygen atoms in total. The molecule has 2 atom stereocenters. The average molecular weight is 294 g/mol. The van der Waals surface area contributed by atoms with Gasteiger partial charge in [-0.25, -0.2) is 9.18 Å². The molecule has 0 radical (unpaired) electrons. The molecule has 2 rings (SSSR count). The van der Waals surface area contributed by atoms with Crippen molar-refractivity contribution < 1.29 is 13.9 Å². The zero-order chi connectivity index (χ0) is 15.5. The van der Waals surface area contributed by atoms with Crippen LogP contribution in [0, 0.1) is 5.82 Å². The highest BCUT2D eigenvalue weighted by Gasteiger charge is 2.29. The molecule has 0 saturated carbocycles. The molecule has 1 saturated heterocycles. The summed E-state index contributed by atoms with van der Waals surface area (Å²) in [6.45, 7) is 7.07. The predicted octanol–water partition coefficient (Wildman–Crippen LogP) is 2.80. The summed E-state index contributed by atoms with van der Waals surface area (Å²) in [5, 5.41) is 6.19. The van der Waals surface area contributed by atoms with E-state index < -0.39 is 11.7 Å². The number of benzene rings is 1. The van der Waals surface area contributed by atoms with Crippen LogP contribution in [0.25, 0.3) is 0 Å². The van der Waals surface area contributed by atoms with E-state index in [1.807, 2.05) is 20.8 Å². The fraction of sp³-hybridized carbons (Fsp3) is 0.562. The van der Waals surface area contributed by atoms with Crippen LogP contribution in [0.1, 0.15) is 38.7 Å². The Morgan fingerprint density at radius 2 is 2.00 bits per heavy atom. The molecule has 1 aromatic rings. The van der Waals surface area contributed by atoms with Crippen molar-refractivity contribution in [3.8, 4) is 0 Å². The van der Waals surface area contributed by atoms with Gasteiger partial charge in [-0.3, -0.25) is 0 Å². The molecule has 1 heterocycles. The summed E-state index contributed by atoms with van der Waals surface area (Å²) in [5.74, 6) is -0.0799. The normalized spacial score (nSPS) is 22.7. The van der Waals surface area contributed by atoms with Gasteiger partial charge >= 0.3 is 6.09 Å². The molecule has 1 amide bonds. The molecule has 1 aliphatic rings. The number of amides is 1. The molecule has 0 bridgehead atoms. The Kier molecular flexibility index (Phi) is 4.83. The van der Waals surface area contributed by atoms with E-state index in [4.69, 9.17) is 4.74 Å². The number of ether oxygens (including phenoxy) is 1. The van der Waals surface area contributed by atoms with Gasteiger partial charge in [0.15, 0.2) is 0 Å². The third kappa shape index (κ3) is 4.70. The smallest absolute Gasteiger partial charge is 0.407 e. The first-order valence-electron chi connectivity index (χ1n) is 7.31. The quantitative estimate of drug-likeness (QED) is 0.882. The lowest BCUT2D eigenvalue weighted by Gasteiger charge is -2.33. The molecule has 0 aromatic heterocycles. The Bertz CT molecular complexity index is 482. The molecular formula is C16H23FN2O2. The Hall–Kier alpha value is -1.62. The van der Waals surface area contributed by atoms with Crippen LogP contribution >= 0.6 is 0 Å². The maximum Gasteiger partial charge on any atom is 0.407 e. The van der Waals surface area contributed by atoms with Crippen LogP contribution in [0.4, 0.5) is 9.18 Å². The standard InChI is InChI=1S/C16H23FN2O2/c1-16(2,3)21-15(20)19-14-10-18-9-8-13(14)11-4-6-12(17)7-5-11/h4-7,13-14,18H,8-10H2,1-3H3,(H,19,20)/t13-,14-/m0/s1. The number of alkyl carbamates (subject to hydrolysis) is 1. The third-order valence-corrected chi connectivity index (χ3v) is 3.48. The maximum absolute atomic E-state index is 13.0. The summed E-state index contributed by atoms with van der Waals surface area (Å²) in [5.41, 5.74) is 0.524. The minimum atomic E-state index is -0.516. The predicted molar refractivity (Wildman–Crippen MR) is 79.8 cm³/mol. The largest absolute Gasteiger partial charge is 0.444 e. The molecular weight excluding hydrogens is 271 g/mol. The zero-order valence-corrected chi connectivity index (χ0v) is 12.8. The monoisotopic (exact) mass is 294 g/mol. The fourth-order valence-corrected chi connectivity index (χ4v) is 2.58. The Morgan fingerprint density at radius 1 is 1.33 bits per heavy atom. The van der Waals surface area contributed by atoms with E-state index in [2.05, 4.69) is 10.6 Å². The summed E-state index contributed by atoms with van der Waals surface area (Å²) < 4.78 is 18.4. The van der Waals surface area contributed by atoms with Crippen molar-refractivity contribution in [3.63, 3.8) is 0 Å². The second-order valence-corrected chi connectivity index (χ2v) is 6.40.